The van der Waals surface area contributed by atoms with E-state index < -0.39 is 6.04 Å². The van der Waals surface area contributed by atoms with E-state index in [2.05, 4.69) is 6.92 Å². The SMILES string of the molecule is C[C@H]1CCCN(C(=O)[C@@H](N)Cc2ccccc2)C1. The highest BCUT2D eigenvalue weighted by Gasteiger charge is 2.25. The predicted molar refractivity (Wildman–Crippen MR) is 73.1 cm³/mol. The van der Waals surface area contributed by atoms with Crippen LogP contribution in [0.4, 0.5) is 0 Å². The third kappa shape index (κ3) is 3.33. The van der Waals surface area contributed by atoms with E-state index in [-0.39, 0.29) is 5.91 Å². The molecule has 18 heavy (non-hydrogen) atoms. The summed E-state index contributed by atoms with van der Waals surface area (Å²) in [5.41, 5.74) is 7.16. The Labute approximate surface area is 109 Å². The normalized spacial score (nSPS) is 21.7. The first-order chi connectivity index (χ1) is 8.66. The smallest absolute Gasteiger partial charge is 0.239 e. The monoisotopic (exact) mass is 246 g/mol. The van der Waals surface area contributed by atoms with Crippen LogP contribution in [-0.2, 0) is 11.2 Å². The summed E-state index contributed by atoms with van der Waals surface area (Å²) in [4.78, 5) is 14.2. The molecule has 1 saturated heterocycles. The summed E-state index contributed by atoms with van der Waals surface area (Å²) in [7, 11) is 0. The fraction of sp³-hybridized carbons (Fsp3) is 0.533. The molecule has 0 aromatic heterocycles. The number of benzene rings is 1. The maximum Gasteiger partial charge on any atom is 0.239 e. The van der Waals surface area contributed by atoms with Crippen molar-refractivity contribution in [2.75, 3.05) is 13.1 Å². The van der Waals surface area contributed by atoms with Crippen LogP contribution in [-0.4, -0.2) is 29.9 Å². The largest absolute Gasteiger partial charge is 0.341 e. The average molecular weight is 246 g/mol. The highest BCUT2D eigenvalue weighted by Crippen LogP contribution is 2.16. The number of nitrogens with two attached hydrogens (primary N) is 1. The van der Waals surface area contributed by atoms with Crippen molar-refractivity contribution in [1.82, 2.24) is 4.90 Å². The lowest BCUT2D eigenvalue weighted by Crippen LogP contribution is -2.48. The number of amides is 1. The van der Waals surface area contributed by atoms with Gasteiger partial charge in [-0.25, -0.2) is 0 Å². The number of hydrogen-bond donors (Lipinski definition) is 1. The summed E-state index contributed by atoms with van der Waals surface area (Å²) >= 11 is 0. The van der Waals surface area contributed by atoms with Gasteiger partial charge in [-0.2, -0.15) is 0 Å². The summed E-state index contributed by atoms with van der Waals surface area (Å²) in [6.07, 6.45) is 2.95. The molecule has 2 N–H and O–H groups in total. The highest BCUT2D eigenvalue weighted by molar-refractivity contribution is 5.82. The van der Waals surface area contributed by atoms with E-state index in [1.165, 1.54) is 6.42 Å². The first-order valence-electron chi connectivity index (χ1n) is 6.75. The Morgan fingerprint density at radius 2 is 2.17 bits per heavy atom. The van der Waals surface area contributed by atoms with E-state index in [9.17, 15) is 4.79 Å². The van der Waals surface area contributed by atoms with Crippen molar-refractivity contribution in [3.63, 3.8) is 0 Å². The van der Waals surface area contributed by atoms with Crippen LogP contribution in [0.3, 0.4) is 0 Å². The van der Waals surface area contributed by atoms with Gasteiger partial charge < -0.3 is 10.6 Å². The van der Waals surface area contributed by atoms with Gasteiger partial charge in [0.1, 0.15) is 0 Å². The van der Waals surface area contributed by atoms with E-state index in [1.807, 2.05) is 35.2 Å². The second-order valence-corrected chi connectivity index (χ2v) is 5.33. The van der Waals surface area contributed by atoms with Crippen LogP contribution in [0, 0.1) is 5.92 Å². The van der Waals surface area contributed by atoms with Gasteiger partial charge in [0, 0.05) is 13.1 Å². The van der Waals surface area contributed by atoms with E-state index in [1.54, 1.807) is 0 Å². The molecule has 3 heteroatoms. The third-order valence-electron chi connectivity index (χ3n) is 3.58. The molecule has 1 amide bonds. The second kappa shape index (κ2) is 6.01. The summed E-state index contributed by atoms with van der Waals surface area (Å²) in [6.45, 7) is 3.93. The minimum absolute atomic E-state index is 0.102. The van der Waals surface area contributed by atoms with Crippen molar-refractivity contribution in [2.45, 2.75) is 32.2 Å². The Kier molecular flexibility index (Phi) is 4.37. The number of hydrogen-bond acceptors (Lipinski definition) is 2. The Balaban J connectivity index is 1.92. The van der Waals surface area contributed by atoms with Crippen LogP contribution >= 0.6 is 0 Å². The predicted octanol–water partition coefficient (Wildman–Crippen LogP) is 1.81. The van der Waals surface area contributed by atoms with E-state index in [0.717, 1.165) is 25.1 Å². The molecule has 1 aromatic carbocycles. The quantitative estimate of drug-likeness (QED) is 0.884. The Morgan fingerprint density at radius 1 is 1.44 bits per heavy atom. The molecule has 2 rings (SSSR count). The Bertz CT molecular complexity index is 391. The van der Waals surface area contributed by atoms with Crippen molar-refractivity contribution in [3.8, 4) is 0 Å². The van der Waals surface area contributed by atoms with Gasteiger partial charge in [0.2, 0.25) is 5.91 Å². The van der Waals surface area contributed by atoms with Crippen LogP contribution in [0.15, 0.2) is 30.3 Å². The van der Waals surface area contributed by atoms with Crippen molar-refractivity contribution in [2.24, 2.45) is 11.7 Å². The lowest BCUT2D eigenvalue weighted by molar-refractivity contribution is -0.134. The third-order valence-corrected chi connectivity index (χ3v) is 3.58. The molecule has 1 aliphatic heterocycles. The van der Waals surface area contributed by atoms with Crippen LogP contribution in [0.2, 0.25) is 0 Å². The van der Waals surface area contributed by atoms with Gasteiger partial charge >= 0.3 is 0 Å². The molecule has 0 saturated carbocycles. The van der Waals surface area contributed by atoms with Gasteiger partial charge in [-0.1, -0.05) is 37.3 Å². The minimum atomic E-state index is -0.405. The maximum atomic E-state index is 12.2. The lowest BCUT2D eigenvalue weighted by Gasteiger charge is -2.32. The van der Waals surface area contributed by atoms with Crippen LogP contribution in [0.5, 0.6) is 0 Å². The average Bonchev–Trinajstić information content (AvgIpc) is 2.39. The Hall–Kier alpha value is -1.35. The zero-order valence-corrected chi connectivity index (χ0v) is 11.0. The Morgan fingerprint density at radius 3 is 2.83 bits per heavy atom. The van der Waals surface area contributed by atoms with Gasteiger partial charge in [0.15, 0.2) is 0 Å². The minimum Gasteiger partial charge on any atom is -0.341 e. The number of rotatable bonds is 3. The molecule has 0 bridgehead atoms. The maximum absolute atomic E-state index is 12.2. The van der Waals surface area contributed by atoms with E-state index in [4.69, 9.17) is 5.73 Å². The molecule has 1 aromatic rings. The number of nitrogens with zero attached hydrogens (tertiary/aromatic N) is 1. The van der Waals surface area contributed by atoms with Crippen molar-refractivity contribution in [3.05, 3.63) is 35.9 Å². The topological polar surface area (TPSA) is 46.3 Å². The fourth-order valence-electron chi connectivity index (χ4n) is 2.58. The van der Waals surface area contributed by atoms with Gasteiger partial charge in [-0.05, 0) is 30.7 Å². The zero-order chi connectivity index (χ0) is 13.0. The number of piperidine rings is 1. The van der Waals surface area contributed by atoms with Crippen molar-refractivity contribution >= 4 is 5.91 Å². The number of carbonyl (C=O) groups is 1. The lowest BCUT2D eigenvalue weighted by atomic mass is 9.98. The molecule has 0 spiro atoms. The molecule has 2 atom stereocenters. The fourth-order valence-corrected chi connectivity index (χ4v) is 2.58. The van der Waals surface area contributed by atoms with Crippen molar-refractivity contribution in [1.29, 1.82) is 0 Å². The van der Waals surface area contributed by atoms with Crippen LogP contribution in [0.25, 0.3) is 0 Å². The molecule has 0 aliphatic carbocycles. The molecule has 1 heterocycles. The van der Waals surface area contributed by atoms with E-state index >= 15 is 0 Å². The summed E-state index contributed by atoms with van der Waals surface area (Å²) in [5, 5.41) is 0. The molecule has 1 aliphatic rings. The summed E-state index contributed by atoms with van der Waals surface area (Å²) in [5.74, 6) is 0.706. The second-order valence-electron chi connectivity index (χ2n) is 5.33. The van der Waals surface area contributed by atoms with Crippen LogP contribution in [0.1, 0.15) is 25.3 Å². The molecule has 3 nitrogen and oxygen atoms in total. The molecule has 1 fully saturated rings. The van der Waals surface area contributed by atoms with Crippen LogP contribution < -0.4 is 5.73 Å². The van der Waals surface area contributed by atoms with E-state index in [0.29, 0.717) is 12.3 Å². The first-order valence-corrected chi connectivity index (χ1v) is 6.75. The highest BCUT2D eigenvalue weighted by atomic mass is 16.2. The number of likely N-dealkylation sites (tertiary alicyclic amines) is 1. The summed E-state index contributed by atoms with van der Waals surface area (Å²) in [6, 6.07) is 9.57. The first kappa shape index (κ1) is 13.1. The van der Waals surface area contributed by atoms with Gasteiger partial charge in [0.05, 0.1) is 6.04 Å². The molecule has 0 radical (unpaired) electrons. The molecular weight excluding hydrogens is 224 g/mol. The van der Waals surface area contributed by atoms with Crippen molar-refractivity contribution < 1.29 is 4.79 Å². The molecule has 0 unspecified atom stereocenters. The van der Waals surface area contributed by atoms with Gasteiger partial charge in [-0.3, -0.25) is 4.79 Å². The molecular formula is C15H22N2O. The standard InChI is InChI=1S/C15H22N2O/c1-12-6-5-9-17(11-12)15(18)14(16)10-13-7-3-2-4-8-13/h2-4,7-8,12,14H,5-6,9-11,16H2,1H3/t12-,14-/m0/s1. The molecule has 98 valence electrons. The number of carbonyl (C=O) groups excluding carboxylic acids is 1. The zero-order valence-electron chi connectivity index (χ0n) is 11.0. The van der Waals surface area contributed by atoms with Gasteiger partial charge in [-0.15, -0.1) is 0 Å². The van der Waals surface area contributed by atoms with Gasteiger partial charge in [0.25, 0.3) is 0 Å². The summed E-state index contributed by atoms with van der Waals surface area (Å²) < 4.78 is 0.